The van der Waals surface area contributed by atoms with Crippen LogP contribution in [0.5, 0.6) is 0 Å². The summed E-state index contributed by atoms with van der Waals surface area (Å²) in [6.07, 6.45) is 3.81. The van der Waals surface area contributed by atoms with Crippen molar-refractivity contribution in [2.75, 3.05) is 24.3 Å². The van der Waals surface area contributed by atoms with E-state index >= 15 is 0 Å². The maximum Gasteiger partial charge on any atom is 0.251 e. The Hall–Kier alpha value is -3.45. The minimum atomic E-state index is 0.00243. The number of amides is 1. The van der Waals surface area contributed by atoms with E-state index in [1.807, 2.05) is 67.5 Å². The van der Waals surface area contributed by atoms with Gasteiger partial charge < -0.3 is 15.5 Å². The van der Waals surface area contributed by atoms with Gasteiger partial charge in [-0.3, -0.25) is 4.79 Å². The van der Waals surface area contributed by atoms with Crippen molar-refractivity contribution >= 4 is 39.9 Å². The molecule has 1 amide bonds. The lowest BCUT2D eigenvalue weighted by Crippen LogP contribution is -2.40. The lowest BCUT2D eigenvalue weighted by atomic mass is 9.91. The first-order valence-corrected chi connectivity index (χ1v) is 12.6. The zero-order valence-electron chi connectivity index (χ0n) is 19.5. The fourth-order valence-corrected chi connectivity index (χ4v) is 5.26. The summed E-state index contributed by atoms with van der Waals surface area (Å²) >= 11 is 1.70. The summed E-state index contributed by atoms with van der Waals surface area (Å²) in [6.45, 7) is 0. The summed E-state index contributed by atoms with van der Waals surface area (Å²) in [7, 11) is 4.00. The normalized spacial score (nSPS) is 17.9. The van der Waals surface area contributed by atoms with Gasteiger partial charge in [-0.1, -0.05) is 30.3 Å². The van der Waals surface area contributed by atoms with E-state index < -0.39 is 0 Å². The molecule has 7 heteroatoms. The van der Waals surface area contributed by atoms with Crippen LogP contribution in [0.1, 0.15) is 36.0 Å². The van der Waals surface area contributed by atoms with E-state index in [0.717, 1.165) is 48.0 Å². The number of benzene rings is 2. The molecule has 0 saturated heterocycles. The molecule has 0 spiro atoms. The molecule has 0 unspecified atom stereocenters. The SMILES string of the molecule is CN(C)c1nc(N[C@H]2CC[C@@H](NC(=O)c3ccc(-c4cccs4)cc3)CC2)nc2ccccc12. The summed E-state index contributed by atoms with van der Waals surface area (Å²) in [5.41, 5.74) is 2.79. The lowest BCUT2D eigenvalue weighted by molar-refractivity contribution is 0.0926. The fraction of sp³-hybridized carbons (Fsp3) is 0.296. The Labute approximate surface area is 204 Å². The van der Waals surface area contributed by atoms with Gasteiger partial charge in [-0.25, -0.2) is 4.98 Å². The Morgan fingerprint density at radius 1 is 0.912 bits per heavy atom. The molecule has 0 radical (unpaired) electrons. The largest absolute Gasteiger partial charge is 0.362 e. The van der Waals surface area contributed by atoms with E-state index in [1.54, 1.807) is 11.3 Å². The van der Waals surface area contributed by atoms with Crippen LogP contribution in [-0.2, 0) is 0 Å². The van der Waals surface area contributed by atoms with Crippen molar-refractivity contribution in [3.05, 3.63) is 71.6 Å². The highest BCUT2D eigenvalue weighted by molar-refractivity contribution is 7.13. The van der Waals surface area contributed by atoms with Crippen LogP contribution >= 0.6 is 11.3 Å². The van der Waals surface area contributed by atoms with E-state index in [4.69, 9.17) is 9.97 Å². The summed E-state index contributed by atoms with van der Waals surface area (Å²) in [6, 6.07) is 20.6. The van der Waals surface area contributed by atoms with Crippen LogP contribution in [-0.4, -0.2) is 42.1 Å². The number of thiophene rings is 1. The van der Waals surface area contributed by atoms with Crippen LogP contribution in [0.2, 0.25) is 0 Å². The Morgan fingerprint density at radius 2 is 1.65 bits per heavy atom. The molecule has 0 bridgehead atoms. The highest BCUT2D eigenvalue weighted by atomic mass is 32.1. The Bertz CT molecular complexity index is 1260. The Balaban J connectivity index is 1.17. The summed E-state index contributed by atoms with van der Waals surface area (Å²) in [5, 5.41) is 9.87. The van der Waals surface area contributed by atoms with Gasteiger partial charge in [-0.2, -0.15) is 4.98 Å². The van der Waals surface area contributed by atoms with Gasteiger partial charge in [-0.15, -0.1) is 11.3 Å². The molecular formula is C27H29N5OS. The Kier molecular flexibility index (Phi) is 6.45. The molecule has 34 heavy (non-hydrogen) atoms. The molecule has 1 aliphatic carbocycles. The first-order valence-electron chi connectivity index (χ1n) is 11.7. The number of carbonyl (C=O) groups excluding carboxylic acids is 1. The molecule has 174 valence electrons. The summed E-state index contributed by atoms with van der Waals surface area (Å²) in [5.74, 6) is 1.59. The molecule has 1 saturated carbocycles. The topological polar surface area (TPSA) is 70.2 Å². The maximum atomic E-state index is 12.8. The van der Waals surface area contributed by atoms with Crippen LogP contribution < -0.4 is 15.5 Å². The molecule has 0 aliphatic heterocycles. The number of aromatic nitrogens is 2. The highest BCUT2D eigenvalue weighted by Gasteiger charge is 2.24. The third-order valence-electron chi connectivity index (χ3n) is 6.36. The number of nitrogens with one attached hydrogen (secondary N) is 2. The molecule has 5 rings (SSSR count). The molecule has 1 aliphatic rings. The van der Waals surface area contributed by atoms with E-state index in [-0.39, 0.29) is 11.9 Å². The fourth-order valence-electron chi connectivity index (χ4n) is 4.53. The second kappa shape index (κ2) is 9.81. The molecule has 6 nitrogen and oxygen atoms in total. The number of para-hydroxylation sites is 1. The first kappa shape index (κ1) is 22.3. The summed E-state index contributed by atoms with van der Waals surface area (Å²) < 4.78 is 0. The van der Waals surface area contributed by atoms with E-state index in [9.17, 15) is 4.79 Å². The van der Waals surface area contributed by atoms with Gasteiger partial charge in [0, 0.05) is 42.0 Å². The third kappa shape index (κ3) is 4.89. The van der Waals surface area contributed by atoms with Gasteiger partial charge in [0.05, 0.1) is 5.52 Å². The number of hydrogen-bond acceptors (Lipinski definition) is 6. The predicted molar refractivity (Wildman–Crippen MR) is 141 cm³/mol. The smallest absolute Gasteiger partial charge is 0.251 e. The molecular weight excluding hydrogens is 442 g/mol. The first-order chi connectivity index (χ1) is 16.6. The predicted octanol–water partition coefficient (Wildman–Crippen LogP) is 5.58. The number of anilines is 2. The van der Waals surface area contributed by atoms with Crippen molar-refractivity contribution in [1.82, 2.24) is 15.3 Å². The maximum absolute atomic E-state index is 12.8. The van der Waals surface area contributed by atoms with Crippen molar-refractivity contribution in [3.63, 3.8) is 0 Å². The van der Waals surface area contributed by atoms with Gasteiger partial charge >= 0.3 is 0 Å². The molecule has 2 heterocycles. The second-order valence-electron chi connectivity index (χ2n) is 9.00. The molecule has 0 atom stereocenters. The van der Waals surface area contributed by atoms with Crippen molar-refractivity contribution < 1.29 is 4.79 Å². The molecule has 2 aromatic heterocycles. The lowest BCUT2D eigenvalue weighted by Gasteiger charge is -2.30. The second-order valence-corrected chi connectivity index (χ2v) is 9.95. The van der Waals surface area contributed by atoms with Gasteiger partial charge in [0.1, 0.15) is 5.82 Å². The molecule has 4 aromatic rings. The van der Waals surface area contributed by atoms with Crippen molar-refractivity contribution in [1.29, 1.82) is 0 Å². The third-order valence-corrected chi connectivity index (χ3v) is 7.27. The van der Waals surface area contributed by atoms with Gasteiger partial charge in [0.2, 0.25) is 5.95 Å². The van der Waals surface area contributed by atoms with Crippen LogP contribution in [0.25, 0.3) is 21.3 Å². The Morgan fingerprint density at radius 3 is 2.35 bits per heavy atom. The number of nitrogens with zero attached hydrogens (tertiary/aromatic N) is 3. The summed E-state index contributed by atoms with van der Waals surface area (Å²) in [4.78, 5) is 25.5. The van der Waals surface area contributed by atoms with Crippen molar-refractivity contribution in [2.45, 2.75) is 37.8 Å². The van der Waals surface area contributed by atoms with Crippen molar-refractivity contribution in [3.8, 4) is 10.4 Å². The highest BCUT2D eigenvalue weighted by Crippen LogP contribution is 2.27. The van der Waals surface area contributed by atoms with E-state index in [1.165, 1.54) is 4.88 Å². The number of carbonyl (C=O) groups is 1. The van der Waals surface area contributed by atoms with Crippen LogP contribution in [0, 0.1) is 0 Å². The number of fused-ring (bicyclic) bond motifs is 1. The van der Waals surface area contributed by atoms with E-state index in [2.05, 4.69) is 28.1 Å². The number of hydrogen-bond donors (Lipinski definition) is 2. The van der Waals surface area contributed by atoms with Gasteiger partial charge in [-0.05, 0) is 67.0 Å². The molecule has 2 aromatic carbocycles. The number of rotatable bonds is 6. The minimum absolute atomic E-state index is 0.00243. The van der Waals surface area contributed by atoms with Gasteiger partial charge in [0.15, 0.2) is 0 Å². The van der Waals surface area contributed by atoms with Crippen molar-refractivity contribution in [2.24, 2.45) is 0 Å². The zero-order valence-corrected chi connectivity index (χ0v) is 20.3. The average molecular weight is 472 g/mol. The van der Waals surface area contributed by atoms with Gasteiger partial charge in [0.25, 0.3) is 5.91 Å². The standard InChI is InChI=1S/C27H29N5OS/c1-32(2)25-22-6-3-4-7-23(22)30-27(31-25)29-21-15-13-20(14-16-21)28-26(33)19-11-9-18(10-12-19)24-8-5-17-34-24/h3-12,17,20-21H,13-16H2,1-2H3,(H,28,33)(H,29,30,31)/t20-,21+. The molecule has 1 fully saturated rings. The van der Waals surface area contributed by atoms with Crippen LogP contribution in [0.3, 0.4) is 0 Å². The van der Waals surface area contributed by atoms with E-state index in [0.29, 0.717) is 17.6 Å². The van der Waals surface area contributed by atoms with Crippen LogP contribution in [0.4, 0.5) is 11.8 Å². The average Bonchev–Trinajstić information content (AvgIpc) is 3.40. The minimum Gasteiger partial charge on any atom is -0.362 e. The quantitative estimate of drug-likeness (QED) is 0.384. The zero-order chi connectivity index (χ0) is 23.5. The monoisotopic (exact) mass is 471 g/mol. The molecule has 2 N–H and O–H groups in total. The van der Waals surface area contributed by atoms with Crippen LogP contribution in [0.15, 0.2) is 66.0 Å².